The van der Waals surface area contributed by atoms with Gasteiger partial charge in [0.15, 0.2) is 0 Å². The first-order valence-electron chi connectivity index (χ1n) is 7.48. The van der Waals surface area contributed by atoms with Crippen molar-refractivity contribution in [2.45, 2.75) is 13.0 Å². The lowest BCUT2D eigenvalue weighted by Crippen LogP contribution is -2.34. The van der Waals surface area contributed by atoms with Crippen molar-refractivity contribution in [1.82, 2.24) is 10.2 Å². The van der Waals surface area contributed by atoms with Gasteiger partial charge in [0.05, 0.1) is 13.2 Å². The van der Waals surface area contributed by atoms with Gasteiger partial charge >= 0.3 is 0 Å². The van der Waals surface area contributed by atoms with E-state index in [0.29, 0.717) is 6.54 Å². The minimum atomic E-state index is 0.192. The maximum atomic E-state index is 11.9. The molecule has 5 heteroatoms. The number of carbonyl (C=O) groups is 1. The molecule has 0 saturated carbocycles. The van der Waals surface area contributed by atoms with Crippen LogP contribution >= 0.6 is 0 Å². The number of benzene rings is 1. The van der Waals surface area contributed by atoms with Crippen molar-refractivity contribution in [1.29, 1.82) is 0 Å². The Bertz CT molecular complexity index is 447. The Morgan fingerprint density at radius 3 is 2.71 bits per heavy atom. The van der Waals surface area contributed by atoms with Crippen molar-refractivity contribution in [3.8, 4) is 0 Å². The lowest BCUT2D eigenvalue weighted by molar-refractivity contribution is -0.127. The van der Waals surface area contributed by atoms with E-state index in [1.807, 2.05) is 11.9 Å². The van der Waals surface area contributed by atoms with Gasteiger partial charge in [-0.3, -0.25) is 4.79 Å². The van der Waals surface area contributed by atoms with Crippen molar-refractivity contribution < 1.29 is 9.53 Å². The standard InChI is InChI=1S/C16H25N3O2/c1-18-9-3-10-19(13-16(18)20)15-6-4-14(5-7-15)12-17-8-11-21-2/h4-7,17H,3,8-13H2,1-2H3. The van der Waals surface area contributed by atoms with E-state index >= 15 is 0 Å². The van der Waals surface area contributed by atoms with Crippen LogP contribution in [0.25, 0.3) is 0 Å². The number of methoxy groups -OCH3 is 1. The molecule has 1 aliphatic rings. The molecule has 0 aromatic heterocycles. The van der Waals surface area contributed by atoms with Crippen LogP contribution in [0.2, 0.25) is 0 Å². The predicted molar refractivity (Wildman–Crippen MR) is 84.5 cm³/mol. The summed E-state index contributed by atoms with van der Waals surface area (Å²) in [5.74, 6) is 0.192. The maximum Gasteiger partial charge on any atom is 0.241 e. The smallest absolute Gasteiger partial charge is 0.241 e. The van der Waals surface area contributed by atoms with Crippen LogP contribution in [0.5, 0.6) is 0 Å². The monoisotopic (exact) mass is 291 g/mol. The first-order valence-corrected chi connectivity index (χ1v) is 7.48. The molecule has 0 atom stereocenters. The minimum absolute atomic E-state index is 0.192. The fourth-order valence-electron chi connectivity index (χ4n) is 2.44. The van der Waals surface area contributed by atoms with Gasteiger partial charge in [-0.2, -0.15) is 0 Å². The molecule has 2 rings (SSSR count). The Balaban J connectivity index is 1.90. The number of carbonyl (C=O) groups excluding carboxylic acids is 1. The Labute approximate surface area is 126 Å². The van der Waals surface area contributed by atoms with Crippen LogP contribution in [0.1, 0.15) is 12.0 Å². The average Bonchev–Trinajstić information content (AvgIpc) is 2.66. The van der Waals surface area contributed by atoms with Gasteiger partial charge in [0.1, 0.15) is 0 Å². The molecule has 116 valence electrons. The van der Waals surface area contributed by atoms with Crippen LogP contribution in [-0.4, -0.2) is 57.8 Å². The highest BCUT2D eigenvalue weighted by Crippen LogP contribution is 2.17. The fraction of sp³-hybridized carbons (Fsp3) is 0.562. The van der Waals surface area contributed by atoms with E-state index in [2.05, 4.69) is 34.5 Å². The van der Waals surface area contributed by atoms with Gasteiger partial charge in [-0.15, -0.1) is 0 Å². The highest BCUT2D eigenvalue weighted by molar-refractivity contribution is 5.81. The largest absolute Gasteiger partial charge is 0.383 e. The molecule has 1 N–H and O–H groups in total. The SMILES string of the molecule is COCCNCc1ccc(N2CCCN(C)C(=O)C2)cc1. The van der Waals surface area contributed by atoms with Gasteiger partial charge in [0, 0.05) is 46.0 Å². The molecule has 21 heavy (non-hydrogen) atoms. The summed E-state index contributed by atoms with van der Waals surface area (Å²) in [6.07, 6.45) is 1.02. The summed E-state index contributed by atoms with van der Waals surface area (Å²) in [7, 11) is 3.58. The average molecular weight is 291 g/mol. The summed E-state index contributed by atoms with van der Waals surface area (Å²) in [5, 5.41) is 3.33. The molecular formula is C16H25N3O2. The third-order valence-corrected chi connectivity index (χ3v) is 3.79. The highest BCUT2D eigenvalue weighted by atomic mass is 16.5. The van der Waals surface area contributed by atoms with Gasteiger partial charge in [-0.25, -0.2) is 0 Å². The number of nitrogens with one attached hydrogen (secondary N) is 1. The summed E-state index contributed by atoms with van der Waals surface area (Å²) in [4.78, 5) is 15.9. The van der Waals surface area contributed by atoms with E-state index in [9.17, 15) is 4.79 Å². The van der Waals surface area contributed by atoms with Gasteiger partial charge < -0.3 is 19.9 Å². The number of rotatable bonds is 6. The molecule has 1 amide bonds. The highest BCUT2D eigenvalue weighted by Gasteiger charge is 2.18. The second kappa shape index (κ2) is 8.00. The number of likely N-dealkylation sites (N-methyl/N-ethyl adjacent to an activating group) is 1. The molecule has 1 heterocycles. The number of anilines is 1. The Hall–Kier alpha value is -1.59. The molecule has 5 nitrogen and oxygen atoms in total. The van der Waals surface area contributed by atoms with Crippen LogP contribution in [0.4, 0.5) is 5.69 Å². The fourth-order valence-corrected chi connectivity index (χ4v) is 2.44. The summed E-state index contributed by atoms with van der Waals surface area (Å²) in [6.45, 7) is 4.66. The number of hydrogen-bond acceptors (Lipinski definition) is 4. The summed E-state index contributed by atoms with van der Waals surface area (Å²) < 4.78 is 5.00. The lowest BCUT2D eigenvalue weighted by Gasteiger charge is -2.22. The molecule has 1 aromatic carbocycles. The first-order chi connectivity index (χ1) is 10.2. The van der Waals surface area contributed by atoms with Gasteiger partial charge in [-0.05, 0) is 24.1 Å². The molecule has 0 unspecified atom stereocenters. The summed E-state index contributed by atoms with van der Waals surface area (Å²) in [6, 6.07) is 8.44. The van der Waals surface area contributed by atoms with Gasteiger partial charge in [-0.1, -0.05) is 12.1 Å². The van der Waals surface area contributed by atoms with E-state index in [0.717, 1.165) is 44.9 Å². The molecule has 0 aliphatic carbocycles. The summed E-state index contributed by atoms with van der Waals surface area (Å²) in [5.41, 5.74) is 2.37. The number of hydrogen-bond donors (Lipinski definition) is 1. The lowest BCUT2D eigenvalue weighted by atomic mass is 10.2. The molecule has 1 fully saturated rings. The van der Waals surface area contributed by atoms with E-state index in [1.54, 1.807) is 7.11 Å². The zero-order valence-corrected chi connectivity index (χ0v) is 13.0. The van der Waals surface area contributed by atoms with Crippen LogP contribution < -0.4 is 10.2 Å². The van der Waals surface area contributed by atoms with Crippen LogP contribution in [0.3, 0.4) is 0 Å². The number of nitrogens with zero attached hydrogens (tertiary/aromatic N) is 2. The second-order valence-electron chi connectivity index (χ2n) is 5.43. The van der Waals surface area contributed by atoms with Crippen LogP contribution in [0.15, 0.2) is 24.3 Å². The third-order valence-electron chi connectivity index (χ3n) is 3.79. The second-order valence-corrected chi connectivity index (χ2v) is 5.43. The first kappa shape index (κ1) is 15.8. The predicted octanol–water partition coefficient (Wildman–Crippen LogP) is 1.09. The molecule has 1 saturated heterocycles. The van der Waals surface area contributed by atoms with Crippen molar-refractivity contribution in [3.05, 3.63) is 29.8 Å². The summed E-state index contributed by atoms with van der Waals surface area (Å²) >= 11 is 0. The van der Waals surface area contributed by atoms with E-state index < -0.39 is 0 Å². The Kier molecular flexibility index (Phi) is 6.02. The van der Waals surface area contributed by atoms with Crippen molar-refractivity contribution >= 4 is 11.6 Å². The molecule has 0 radical (unpaired) electrons. The third kappa shape index (κ3) is 4.72. The van der Waals surface area contributed by atoms with Gasteiger partial charge in [0.25, 0.3) is 0 Å². The molecule has 1 aliphatic heterocycles. The zero-order chi connectivity index (χ0) is 15.1. The topological polar surface area (TPSA) is 44.8 Å². The Morgan fingerprint density at radius 1 is 1.24 bits per heavy atom. The molecule has 1 aromatic rings. The van der Waals surface area contributed by atoms with Crippen LogP contribution in [-0.2, 0) is 16.1 Å². The molecule has 0 bridgehead atoms. The normalized spacial score (nSPS) is 16.2. The quantitative estimate of drug-likeness (QED) is 0.797. The zero-order valence-electron chi connectivity index (χ0n) is 13.0. The van der Waals surface area contributed by atoms with Gasteiger partial charge in [0.2, 0.25) is 5.91 Å². The van der Waals surface area contributed by atoms with E-state index in [4.69, 9.17) is 4.74 Å². The van der Waals surface area contributed by atoms with Crippen molar-refractivity contribution in [2.75, 3.05) is 51.8 Å². The Morgan fingerprint density at radius 2 is 2.00 bits per heavy atom. The maximum absolute atomic E-state index is 11.9. The number of amides is 1. The van der Waals surface area contributed by atoms with Crippen molar-refractivity contribution in [3.63, 3.8) is 0 Å². The minimum Gasteiger partial charge on any atom is -0.383 e. The molecular weight excluding hydrogens is 266 g/mol. The van der Waals surface area contributed by atoms with E-state index in [-0.39, 0.29) is 5.91 Å². The van der Waals surface area contributed by atoms with Crippen molar-refractivity contribution in [2.24, 2.45) is 0 Å². The van der Waals surface area contributed by atoms with E-state index in [1.165, 1.54) is 5.56 Å². The molecule has 0 spiro atoms. The van der Waals surface area contributed by atoms with Crippen LogP contribution in [0, 0.1) is 0 Å². The number of ether oxygens (including phenoxy) is 1.